The molecule has 0 radical (unpaired) electrons. The summed E-state index contributed by atoms with van der Waals surface area (Å²) in [6, 6.07) is 0. The van der Waals surface area contributed by atoms with Crippen LogP contribution in [0.4, 0.5) is 0 Å². The van der Waals surface area contributed by atoms with Gasteiger partial charge in [-0.1, -0.05) is 0 Å². The summed E-state index contributed by atoms with van der Waals surface area (Å²) in [4.78, 5) is 20.7. The summed E-state index contributed by atoms with van der Waals surface area (Å²) in [5.41, 5.74) is 0.588. The van der Waals surface area contributed by atoms with Gasteiger partial charge in [-0.05, 0) is 32.4 Å². The number of aromatic amines is 1. The summed E-state index contributed by atoms with van der Waals surface area (Å²) in [6.45, 7) is 2.68. The van der Waals surface area contributed by atoms with Gasteiger partial charge in [0.2, 0.25) is 0 Å². The van der Waals surface area contributed by atoms with E-state index in [0.29, 0.717) is 11.6 Å². The second kappa shape index (κ2) is 5.12. The monoisotopic (exact) mass is 222 g/mol. The van der Waals surface area contributed by atoms with Crippen molar-refractivity contribution in [1.29, 1.82) is 0 Å². The number of rotatable bonds is 3. The number of imidazole rings is 1. The number of nitrogens with zero attached hydrogens (tertiary/aromatic N) is 2. The van der Waals surface area contributed by atoms with E-state index in [1.165, 1.54) is 6.42 Å². The van der Waals surface area contributed by atoms with Crippen molar-refractivity contribution in [3.63, 3.8) is 0 Å². The standard InChI is InChI=1S/C11H18N4O/c1-12-5-9-3-2-4-15(7-9)11(16)10-6-13-8-14-10/h6,8-9,12H,2-5,7H2,1H3,(H,13,14). The number of hydrogen-bond acceptors (Lipinski definition) is 3. The molecule has 1 aromatic rings. The van der Waals surface area contributed by atoms with Gasteiger partial charge in [-0.15, -0.1) is 0 Å². The van der Waals surface area contributed by atoms with Gasteiger partial charge in [0.05, 0.1) is 12.5 Å². The van der Waals surface area contributed by atoms with E-state index in [4.69, 9.17) is 0 Å². The number of carbonyl (C=O) groups excluding carboxylic acids is 1. The third-order valence-corrected chi connectivity index (χ3v) is 3.03. The third-order valence-electron chi connectivity index (χ3n) is 3.03. The van der Waals surface area contributed by atoms with Crippen molar-refractivity contribution >= 4 is 5.91 Å². The lowest BCUT2D eigenvalue weighted by Crippen LogP contribution is -2.42. The molecule has 16 heavy (non-hydrogen) atoms. The molecule has 1 atom stereocenters. The molecule has 0 aliphatic carbocycles. The molecule has 1 fully saturated rings. The number of nitrogens with one attached hydrogen (secondary N) is 2. The summed E-state index contributed by atoms with van der Waals surface area (Å²) in [5, 5.41) is 3.17. The molecule has 5 heteroatoms. The molecule has 2 N–H and O–H groups in total. The molecule has 0 aromatic carbocycles. The second-order valence-corrected chi connectivity index (χ2v) is 4.28. The highest BCUT2D eigenvalue weighted by atomic mass is 16.2. The number of hydrogen-bond donors (Lipinski definition) is 2. The lowest BCUT2D eigenvalue weighted by atomic mass is 9.98. The van der Waals surface area contributed by atoms with Gasteiger partial charge in [-0.3, -0.25) is 4.79 Å². The molecule has 2 heterocycles. The average Bonchev–Trinajstić information content (AvgIpc) is 2.82. The Morgan fingerprint density at radius 1 is 1.75 bits per heavy atom. The minimum atomic E-state index is 0.0679. The minimum absolute atomic E-state index is 0.0679. The SMILES string of the molecule is CNCC1CCCN(C(=O)c2cnc[nH]2)C1. The van der Waals surface area contributed by atoms with Crippen LogP contribution in [-0.4, -0.2) is 47.5 Å². The minimum Gasteiger partial charge on any atom is -0.341 e. The number of carbonyl (C=O) groups is 1. The first kappa shape index (κ1) is 11.1. The average molecular weight is 222 g/mol. The van der Waals surface area contributed by atoms with Crippen molar-refractivity contribution < 1.29 is 4.79 Å². The molecule has 0 spiro atoms. The molecule has 1 aliphatic heterocycles. The molecule has 0 bridgehead atoms. The molecule has 88 valence electrons. The van der Waals surface area contributed by atoms with Crippen LogP contribution in [-0.2, 0) is 0 Å². The van der Waals surface area contributed by atoms with E-state index in [1.54, 1.807) is 12.5 Å². The van der Waals surface area contributed by atoms with Crippen LogP contribution in [0.2, 0.25) is 0 Å². The van der Waals surface area contributed by atoms with Gasteiger partial charge < -0.3 is 15.2 Å². The van der Waals surface area contributed by atoms with E-state index >= 15 is 0 Å². The first-order chi connectivity index (χ1) is 7.81. The fourth-order valence-electron chi connectivity index (χ4n) is 2.25. The highest BCUT2D eigenvalue weighted by Crippen LogP contribution is 2.17. The Morgan fingerprint density at radius 3 is 3.31 bits per heavy atom. The van der Waals surface area contributed by atoms with Crippen molar-refractivity contribution in [2.75, 3.05) is 26.7 Å². The van der Waals surface area contributed by atoms with Crippen molar-refractivity contribution in [2.24, 2.45) is 5.92 Å². The van der Waals surface area contributed by atoms with Gasteiger partial charge in [0, 0.05) is 13.1 Å². The Bertz CT molecular complexity index is 334. The number of H-pyrrole nitrogens is 1. The molecule has 1 saturated heterocycles. The predicted molar refractivity (Wildman–Crippen MR) is 61.1 cm³/mol. The van der Waals surface area contributed by atoms with Crippen LogP contribution in [0.1, 0.15) is 23.3 Å². The summed E-state index contributed by atoms with van der Waals surface area (Å²) < 4.78 is 0. The normalized spacial score (nSPS) is 21.1. The highest BCUT2D eigenvalue weighted by molar-refractivity contribution is 5.92. The second-order valence-electron chi connectivity index (χ2n) is 4.28. The lowest BCUT2D eigenvalue weighted by Gasteiger charge is -2.32. The summed E-state index contributed by atoms with van der Waals surface area (Å²) in [5.74, 6) is 0.643. The number of amides is 1. The quantitative estimate of drug-likeness (QED) is 0.782. The van der Waals surface area contributed by atoms with E-state index < -0.39 is 0 Å². The smallest absolute Gasteiger partial charge is 0.271 e. The highest BCUT2D eigenvalue weighted by Gasteiger charge is 2.24. The Morgan fingerprint density at radius 2 is 2.62 bits per heavy atom. The van der Waals surface area contributed by atoms with Gasteiger partial charge >= 0.3 is 0 Å². The van der Waals surface area contributed by atoms with E-state index in [-0.39, 0.29) is 5.91 Å². The van der Waals surface area contributed by atoms with Gasteiger partial charge in [0.25, 0.3) is 5.91 Å². The molecule has 1 aliphatic rings. The Balaban J connectivity index is 1.96. The molecular formula is C11H18N4O. The van der Waals surface area contributed by atoms with Gasteiger partial charge in [-0.2, -0.15) is 0 Å². The van der Waals surface area contributed by atoms with E-state index in [2.05, 4.69) is 15.3 Å². The van der Waals surface area contributed by atoms with E-state index in [1.807, 2.05) is 11.9 Å². The lowest BCUT2D eigenvalue weighted by molar-refractivity contribution is 0.0669. The van der Waals surface area contributed by atoms with Crippen LogP contribution in [0.5, 0.6) is 0 Å². The summed E-state index contributed by atoms with van der Waals surface area (Å²) in [6.07, 6.45) is 5.42. The van der Waals surface area contributed by atoms with Crippen molar-refractivity contribution in [3.05, 3.63) is 18.2 Å². The fourth-order valence-corrected chi connectivity index (χ4v) is 2.25. The number of piperidine rings is 1. The molecule has 0 saturated carbocycles. The van der Waals surface area contributed by atoms with Crippen LogP contribution in [0.3, 0.4) is 0 Å². The maximum absolute atomic E-state index is 12.0. The first-order valence-electron chi connectivity index (χ1n) is 5.73. The predicted octanol–water partition coefficient (Wildman–Crippen LogP) is 0.481. The van der Waals surface area contributed by atoms with Crippen LogP contribution in [0.25, 0.3) is 0 Å². The van der Waals surface area contributed by atoms with Crippen molar-refractivity contribution in [3.8, 4) is 0 Å². The van der Waals surface area contributed by atoms with Crippen LogP contribution in [0.15, 0.2) is 12.5 Å². The third kappa shape index (κ3) is 2.41. The maximum Gasteiger partial charge on any atom is 0.271 e. The van der Waals surface area contributed by atoms with Gasteiger partial charge in [0.1, 0.15) is 5.69 Å². The summed E-state index contributed by atoms with van der Waals surface area (Å²) >= 11 is 0. The zero-order chi connectivity index (χ0) is 11.4. The molecule has 5 nitrogen and oxygen atoms in total. The molecule has 1 unspecified atom stereocenters. The van der Waals surface area contributed by atoms with Crippen LogP contribution >= 0.6 is 0 Å². The van der Waals surface area contributed by atoms with E-state index in [0.717, 1.165) is 26.1 Å². The van der Waals surface area contributed by atoms with Crippen LogP contribution in [0, 0.1) is 5.92 Å². The van der Waals surface area contributed by atoms with Crippen molar-refractivity contribution in [2.45, 2.75) is 12.8 Å². The molecule has 2 rings (SSSR count). The van der Waals surface area contributed by atoms with Gasteiger partial charge in [0.15, 0.2) is 0 Å². The molecule has 1 amide bonds. The number of aromatic nitrogens is 2. The molecular weight excluding hydrogens is 204 g/mol. The Labute approximate surface area is 95.2 Å². The first-order valence-corrected chi connectivity index (χ1v) is 5.73. The topological polar surface area (TPSA) is 61.0 Å². The Hall–Kier alpha value is -1.36. The largest absolute Gasteiger partial charge is 0.341 e. The zero-order valence-corrected chi connectivity index (χ0v) is 9.57. The molecule has 1 aromatic heterocycles. The fraction of sp³-hybridized carbons (Fsp3) is 0.636. The maximum atomic E-state index is 12.0. The van der Waals surface area contributed by atoms with Crippen molar-refractivity contribution in [1.82, 2.24) is 20.2 Å². The zero-order valence-electron chi connectivity index (χ0n) is 9.57. The number of likely N-dealkylation sites (tertiary alicyclic amines) is 1. The van der Waals surface area contributed by atoms with Crippen LogP contribution < -0.4 is 5.32 Å². The van der Waals surface area contributed by atoms with Gasteiger partial charge in [-0.25, -0.2) is 4.98 Å². The summed E-state index contributed by atoms with van der Waals surface area (Å²) in [7, 11) is 1.95. The Kier molecular flexibility index (Phi) is 3.56. The van der Waals surface area contributed by atoms with E-state index in [9.17, 15) is 4.79 Å².